The minimum Gasteiger partial charge on any atom is -0.411 e. The maximum absolute atomic E-state index is 12.5. The van der Waals surface area contributed by atoms with E-state index in [0.717, 1.165) is 20.8 Å². The van der Waals surface area contributed by atoms with Crippen LogP contribution in [-0.4, -0.2) is 21.7 Å². The summed E-state index contributed by atoms with van der Waals surface area (Å²) in [6.45, 7) is 0. The molecule has 0 aliphatic carbocycles. The van der Waals surface area contributed by atoms with E-state index >= 15 is 0 Å². The Morgan fingerprint density at radius 2 is 1.81 bits per heavy atom. The number of hydrogen-bond donors (Lipinski definition) is 0. The number of fused-ring (bicyclic) bond motifs is 1. The maximum atomic E-state index is 12.5. The van der Waals surface area contributed by atoms with Gasteiger partial charge in [0.25, 0.3) is 5.22 Å². The second kappa shape index (κ2) is 7.43. The highest BCUT2D eigenvalue weighted by molar-refractivity contribution is 9.10. The summed E-state index contributed by atoms with van der Waals surface area (Å²) in [5, 5.41) is 10.6. The van der Waals surface area contributed by atoms with E-state index in [4.69, 9.17) is 4.42 Å². The number of rotatable bonds is 5. The van der Waals surface area contributed by atoms with Crippen molar-refractivity contribution in [2.45, 2.75) is 5.22 Å². The predicted octanol–water partition coefficient (Wildman–Crippen LogP) is 5.63. The van der Waals surface area contributed by atoms with Crippen LogP contribution in [0.4, 0.5) is 0 Å². The summed E-state index contributed by atoms with van der Waals surface area (Å²) >= 11 is 4.67. The summed E-state index contributed by atoms with van der Waals surface area (Å²) in [7, 11) is 0. The highest BCUT2D eigenvalue weighted by Gasteiger charge is 2.13. The molecule has 0 N–H and O–H groups in total. The van der Waals surface area contributed by atoms with Gasteiger partial charge in [0.15, 0.2) is 5.78 Å². The molecule has 0 bridgehead atoms. The van der Waals surface area contributed by atoms with Crippen LogP contribution >= 0.6 is 27.7 Å². The molecule has 0 amide bonds. The third kappa shape index (κ3) is 3.71. The number of thioether (sulfide) groups is 1. The fraction of sp³-hybridized carbons (Fsp3) is 0.0500. The molecule has 0 radical (unpaired) electrons. The van der Waals surface area contributed by atoms with Crippen LogP contribution in [0.1, 0.15) is 10.4 Å². The molecule has 128 valence electrons. The standard InChI is InChI=1S/C20H13BrN2O2S/c21-17-7-3-6-16(11-17)19-22-23-20(25-19)26-12-18(24)15-9-8-13-4-1-2-5-14(13)10-15/h1-11H,12H2. The highest BCUT2D eigenvalue weighted by atomic mass is 79.9. The van der Waals surface area contributed by atoms with E-state index in [9.17, 15) is 4.79 Å². The molecule has 0 saturated carbocycles. The molecule has 6 heteroatoms. The number of halogens is 1. The van der Waals surface area contributed by atoms with E-state index in [-0.39, 0.29) is 11.5 Å². The van der Waals surface area contributed by atoms with Gasteiger partial charge in [-0.15, -0.1) is 10.2 Å². The summed E-state index contributed by atoms with van der Waals surface area (Å²) in [5.74, 6) is 0.716. The van der Waals surface area contributed by atoms with Crippen molar-refractivity contribution in [3.05, 3.63) is 76.8 Å². The van der Waals surface area contributed by atoms with Gasteiger partial charge in [-0.25, -0.2) is 0 Å². The van der Waals surface area contributed by atoms with Crippen LogP contribution < -0.4 is 0 Å². The highest BCUT2D eigenvalue weighted by Crippen LogP contribution is 2.26. The van der Waals surface area contributed by atoms with Gasteiger partial charge in [0.05, 0.1) is 5.75 Å². The number of benzene rings is 3. The molecular weight excluding hydrogens is 412 g/mol. The van der Waals surface area contributed by atoms with Crippen LogP contribution in [0.3, 0.4) is 0 Å². The van der Waals surface area contributed by atoms with Crippen molar-refractivity contribution in [3.63, 3.8) is 0 Å². The van der Waals surface area contributed by atoms with E-state index in [1.165, 1.54) is 11.8 Å². The van der Waals surface area contributed by atoms with Crippen molar-refractivity contribution in [2.75, 3.05) is 5.75 Å². The molecule has 0 spiro atoms. The molecule has 4 rings (SSSR count). The lowest BCUT2D eigenvalue weighted by Gasteiger charge is -2.02. The van der Waals surface area contributed by atoms with Crippen LogP contribution in [0.2, 0.25) is 0 Å². The first-order valence-electron chi connectivity index (χ1n) is 7.93. The van der Waals surface area contributed by atoms with E-state index in [0.29, 0.717) is 16.7 Å². The Balaban J connectivity index is 1.46. The summed E-state index contributed by atoms with van der Waals surface area (Å²) in [6.07, 6.45) is 0. The topological polar surface area (TPSA) is 56.0 Å². The van der Waals surface area contributed by atoms with Gasteiger partial charge >= 0.3 is 0 Å². The quantitative estimate of drug-likeness (QED) is 0.307. The monoisotopic (exact) mass is 424 g/mol. The summed E-state index contributed by atoms with van der Waals surface area (Å²) < 4.78 is 6.59. The Kier molecular flexibility index (Phi) is 4.86. The van der Waals surface area contributed by atoms with Crippen LogP contribution in [0, 0.1) is 0 Å². The molecule has 1 aromatic heterocycles. The molecule has 4 nitrogen and oxygen atoms in total. The Labute approximate surface area is 162 Å². The van der Waals surface area contributed by atoms with E-state index < -0.39 is 0 Å². The minimum absolute atomic E-state index is 0.0305. The normalized spacial score (nSPS) is 11.0. The van der Waals surface area contributed by atoms with Crippen LogP contribution in [0.25, 0.3) is 22.2 Å². The van der Waals surface area contributed by atoms with Gasteiger partial charge in [-0.3, -0.25) is 4.79 Å². The third-order valence-electron chi connectivity index (χ3n) is 3.88. The lowest BCUT2D eigenvalue weighted by Crippen LogP contribution is -2.02. The van der Waals surface area contributed by atoms with Gasteiger partial charge in [-0.1, -0.05) is 70.2 Å². The van der Waals surface area contributed by atoms with E-state index in [1.807, 2.05) is 66.7 Å². The molecule has 0 saturated heterocycles. The number of hydrogen-bond acceptors (Lipinski definition) is 5. The van der Waals surface area contributed by atoms with E-state index in [2.05, 4.69) is 26.1 Å². The number of carbonyl (C=O) groups excluding carboxylic acids is 1. The largest absolute Gasteiger partial charge is 0.411 e. The lowest BCUT2D eigenvalue weighted by atomic mass is 10.1. The summed E-state index contributed by atoms with van der Waals surface area (Å²) in [5.41, 5.74) is 1.52. The van der Waals surface area contributed by atoms with Gasteiger partial charge in [-0.2, -0.15) is 0 Å². The molecule has 3 aromatic carbocycles. The second-order valence-electron chi connectivity index (χ2n) is 5.66. The Hall–Kier alpha value is -2.44. The van der Waals surface area contributed by atoms with Crippen molar-refractivity contribution in [3.8, 4) is 11.5 Å². The lowest BCUT2D eigenvalue weighted by molar-refractivity contribution is 0.102. The number of aromatic nitrogens is 2. The fourth-order valence-electron chi connectivity index (χ4n) is 2.58. The number of ketones is 1. The molecule has 4 aromatic rings. The van der Waals surface area contributed by atoms with Crippen molar-refractivity contribution < 1.29 is 9.21 Å². The average Bonchev–Trinajstić information content (AvgIpc) is 3.15. The van der Waals surface area contributed by atoms with Crippen LogP contribution in [-0.2, 0) is 0 Å². The zero-order chi connectivity index (χ0) is 17.9. The Bertz CT molecular complexity index is 1090. The molecule has 0 aliphatic heterocycles. The molecule has 0 unspecified atom stereocenters. The molecule has 26 heavy (non-hydrogen) atoms. The molecule has 0 atom stereocenters. The number of Topliss-reactive ketones (excluding diaryl/α,β-unsaturated/α-hetero) is 1. The van der Waals surface area contributed by atoms with Crippen molar-refractivity contribution >= 4 is 44.2 Å². The van der Waals surface area contributed by atoms with Gasteiger partial charge in [0, 0.05) is 15.6 Å². The van der Waals surface area contributed by atoms with Gasteiger partial charge in [-0.05, 0) is 35.0 Å². The number of nitrogens with zero attached hydrogens (tertiary/aromatic N) is 2. The first-order chi connectivity index (χ1) is 12.7. The first-order valence-corrected chi connectivity index (χ1v) is 9.71. The van der Waals surface area contributed by atoms with Crippen molar-refractivity contribution in [2.24, 2.45) is 0 Å². The summed E-state index contributed by atoms with van der Waals surface area (Å²) in [6, 6.07) is 21.3. The van der Waals surface area contributed by atoms with Crippen LogP contribution in [0.5, 0.6) is 0 Å². The van der Waals surface area contributed by atoms with Gasteiger partial charge < -0.3 is 4.42 Å². The SMILES string of the molecule is O=C(CSc1nnc(-c2cccc(Br)c2)o1)c1ccc2ccccc2c1. The molecular formula is C20H13BrN2O2S. The van der Waals surface area contributed by atoms with Crippen LogP contribution in [0.15, 0.2) is 80.8 Å². The smallest absolute Gasteiger partial charge is 0.277 e. The molecule has 0 aliphatic rings. The van der Waals surface area contributed by atoms with E-state index in [1.54, 1.807) is 0 Å². The fourth-order valence-corrected chi connectivity index (χ4v) is 3.64. The minimum atomic E-state index is 0.0305. The second-order valence-corrected chi connectivity index (χ2v) is 7.50. The van der Waals surface area contributed by atoms with Gasteiger partial charge in [0.2, 0.25) is 5.89 Å². The third-order valence-corrected chi connectivity index (χ3v) is 5.19. The Morgan fingerprint density at radius 1 is 0.962 bits per heavy atom. The average molecular weight is 425 g/mol. The maximum Gasteiger partial charge on any atom is 0.277 e. The van der Waals surface area contributed by atoms with Crippen molar-refractivity contribution in [1.29, 1.82) is 0 Å². The Morgan fingerprint density at radius 3 is 2.65 bits per heavy atom. The first kappa shape index (κ1) is 17.0. The molecule has 0 fully saturated rings. The van der Waals surface area contributed by atoms with Gasteiger partial charge in [0.1, 0.15) is 0 Å². The van der Waals surface area contributed by atoms with Crippen molar-refractivity contribution in [1.82, 2.24) is 10.2 Å². The predicted molar refractivity (Wildman–Crippen MR) is 106 cm³/mol. The zero-order valence-corrected chi connectivity index (χ0v) is 16.0. The summed E-state index contributed by atoms with van der Waals surface area (Å²) in [4.78, 5) is 12.5. The number of carbonyl (C=O) groups is 1. The zero-order valence-electron chi connectivity index (χ0n) is 13.6. The molecule has 1 heterocycles.